The van der Waals surface area contributed by atoms with Crippen molar-refractivity contribution in [2.75, 3.05) is 7.05 Å². The Balaban J connectivity index is 1.69. The summed E-state index contributed by atoms with van der Waals surface area (Å²) in [4.78, 5) is 0. The Morgan fingerprint density at radius 3 is 2.36 bits per heavy atom. The topological polar surface area (TPSA) is 21.3 Å². The van der Waals surface area contributed by atoms with Crippen LogP contribution in [0.2, 0.25) is 0 Å². The molecule has 0 amide bonds. The number of benzene rings is 3. The molecule has 0 aliphatic rings. The summed E-state index contributed by atoms with van der Waals surface area (Å²) in [7, 11) is 2.01. The molecule has 0 aromatic heterocycles. The third-order valence-corrected chi connectivity index (χ3v) is 4.93. The molecule has 3 aromatic carbocycles. The molecule has 128 valence electrons. The lowest BCUT2D eigenvalue weighted by molar-refractivity contribution is 0.305. The van der Waals surface area contributed by atoms with E-state index in [1.165, 1.54) is 20.3 Å². The summed E-state index contributed by atoms with van der Waals surface area (Å²) in [6, 6.07) is 27.6. The predicted octanol–water partition coefficient (Wildman–Crippen LogP) is 5.37. The normalized spacial score (nSPS) is 11.9. The van der Waals surface area contributed by atoms with Crippen molar-refractivity contribution in [3.63, 3.8) is 0 Å². The van der Waals surface area contributed by atoms with E-state index in [2.05, 4.69) is 82.5 Å². The molecule has 2 nitrogen and oxygen atoms in total. The molecule has 0 saturated carbocycles. The van der Waals surface area contributed by atoms with Gasteiger partial charge in [0.25, 0.3) is 0 Å². The van der Waals surface area contributed by atoms with Gasteiger partial charge in [0.1, 0.15) is 12.4 Å². The number of rotatable bonds is 7. The third-order valence-electron chi connectivity index (χ3n) is 4.21. The summed E-state index contributed by atoms with van der Waals surface area (Å²) in [5.41, 5.74) is 3.75. The second-order valence-electron chi connectivity index (χ2n) is 6.02. The molecule has 0 aliphatic heterocycles. The van der Waals surface area contributed by atoms with Crippen molar-refractivity contribution < 1.29 is 4.74 Å². The first-order chi connectivity index (χ1) is 12.2. The molecule has 0 spiro atoms. The molecule has 0 saturated heterocycles. The molecule has 25 heavy (non-hydrogen) atoms. The molecule has 0 bridgehead atoms. The van der Waals surface area contributed by atoms with E-state index >= 15 is 0 Å². The number of nitrogens with one attached hydrogen (secondary N) is 1. The summed E-state index contributed by atoms with van der Waals surface area (Å²) in [6.07, 6.45) is 0.954. The van der Waals surface area contributed by atoms with E-state index < -0.39 is 0 Å². The van der Waals surface area contributed by atoms with Gasteiger partial charge < -0.3 is 10.1 Å². The smallest absolute Gasteiger partial charge is 0.120 e. The number of likely N-dealkylation sites (N-methyl/N-ethyl adjacent to an activating group) is 1. The van der Waals surface area contributed by atoms with Crippen molar-refractivity contribution in [2.24, 2.45) is 0 Å². The zero-order valence-electron chi connectivity index (χ0n) is 14.3. The molecule has 1 N–H and O–H groups in total. The molecule has 0 radical (unpaired) electrons. The SMILES string of the molecule is CNC(Cc1ccc(I)cc1)c1cccc(OCc2ccccc2)c1. The number of ether oxygens (including phenoxy) is 1. The van der Waals surface area contributed by atoms with Gasteiger partial charge in [0.05, 0.1) is 0 Å². The Hall–Kier alpha value is -1.85. The van der Waals surface area contributed by atoms with Crippen LogP contribution in [0.15, 0.2) is 78.9 Å². The maximum atomic E-state index is 5.96. The van der Waals surface area contributed by atoms with Gasteiger partial charge in [-0.2, -0.15) is 0 Å². The van der Waals surface area contributed by atoms with Gasteiger partial charge in [-0.1, -0.05) is 54.6 Å². The van der Waals surface area contributed by atoms with Gasteiger partial charge in [-0.25, -0.2) is 0 Å². The Morgan fingerprint density at radius 1 is 0.880 bits per heavy atom. The van der Waals surface area contributed by atoms with E-state index in [9.17, 15) is 0 Å². The standard InChI is InChI=1S/C22H22INO/c1-24-22(14-17-10-12-20(23)13-11-17)19-8-5-9-21(15-19)25-16-18-6-3-2-4-7-18/h2-13,15,22,24H,14,16H2,1H3. The van der Waals surface area contributed by atoms with Crippen molar-refractivity contribution in [3.05, 3.63) is 99.1 Å². The van der Waals surface area contributed by atoms with Gasteiger partial charge in [0.2, 0.25) is 0 Å². The van der Waals surface area contributed by atoms with E-state index in [0.717, 1.165) is 12.2 Å². The minimum absolute atomic E-state index is 0.264. The highest BCUT2D eigenvalue weighted by Gasteiger charge is 2.11. The fourth-order valence-electron chi connectivity index (χ4n) is 2.80. The summed E-state index contributed by atoms with van der Waals surface area (Å²) in [5, 5.41) is 3.43. The molecule has 3 heteroatoms. The second-order valence-corrected chi connectivity index (χ2v) is 7.26. The Kier molecular flexibility index (Phi) is 6.48. The minimum atomic E-state index is 0.264. The number of hydrogen-bond acceptors (Lipinski definition) is 2. The van der Waals surface area contributed by atoms with Crippen LogP contribution < -0.4 is 10.1 Å². The Labute approximate surface area is 163 Å². The molecule has 0 heterocycles. The van der Waals surface area contributed by atoms with Gasteiger partial charge in [0, 0.05) is 9.61 Å². The third kappa shape index (κ3) is 5.31. The average molecular weight is 443 g/mol. The van der Waals surface area contributed by atoms with Crippen LogP contribution in [0.1, 0.15) is 22.7 Å². The first kappa shape index (κ1) is 18.0. The van der Waals surface area contributed by atoms with E-state index in [-0.39, 0.29) is 6.04 Å². The zero-order chi connectivity index (χ0) is 17.5. The maximum Gasteiger partial charge on any atom is 0.120 e. The molecule has 1 unspecified atom stereocenters. The van der Waals surface area contributed by atoms with Gasteiger partial charge in [-0.05, 0) is 77.0 Å². The molecule has 3 rings (SSSR count). The highest BCUT2D eigenvalue weighted by Crippen LogP contribution is 2.23. The lowest BCUT2D eigenvalue weighted by Crippen LogP contribution is -2.18. The summed E-state index contributed by atoms with van der Waals surface area (Å²) in [6.45, 7) is 0.589. The first-order valence-corrected chi connectivity index (χ1v) is 9.51. The molecule has 3 aromatic rings. The predicted molar refractivity (Wildman–Crippen MR) is 112 cm³/mol. The summed E-state index contributed by atoms with van der Waals surface area (Å²) < 4.78 is 7.23. The summed E-state index contributed by atoms with van der Waals surface area (Å²) in [5.74, 6) is 0.907. The monoisotopic (exact) mass is 443 g/mol. The van der Waals surface area contributed by atoms with Crippen LogP contribution in [0, 0.1) is 3.57 Å². The van der Waals surface area contributed by atoms with Crippen molar-refractivity contribution in [2.45, 2.75) is 19.1 Å². The maximum absolute atomic E-state index is 5.96. The largest absolute Gasteiger partial charge is 0.489 e. The van der Waals surface area contributed by atoms with Crippen LogP contribution in [-0.2, 0) is 13.0 Å². The van der Waals surface area contributed by atoms with Crippen molar-refractivity contribution >= 4 is 22.6 Å². The quantitative estimate of drug-likeness (QED) is 0.496. The fourth-order valence-corrected chi connectivity index (χ4v) is 3.16. The van der Waals surface area contributed by atoms with E-state index in [4.69, 9.17) is 4.74 Å². The van der Waals surface area contributed by atoms with Crippen molar-refractivity contribution in [1.29, 1.82) is 0 Å². The van der Waals surface area contributed by atoms with E-state index in [1.54, 1.807) is 0 Å². The highest BCUT2D eigenvalue weighted by atomic mass is 127. The minimum Gasteiger partial charge on any atom is -0.489 e. The Morgan fingerprint density at radius 2 is 1.64 bits per heavy atom. The average Bonchev–Trinajstić information content (AvgIpc) is 2.67. The Bertz CT molecular complexity index is 787. The number of hydrogen-bond donors (Lipinski definition) is 1. The second kappa shape index (κ2) is 9.02. The van der Waals surface area contributed by atoms with Crippen LogP contribution in [0.5, 0.6) is 5.75 Å². The molecule has 0 fully saturated rings. The van der Waals surface area contributed by atoms with E-state index in [1.807, 2.05) is 31.3 Å². The lowest BCUT2D eigenvalue weighted by Gasteiger charge is -2.18. The van der Waals surface area contributed by atoms with Gasteiger partial charge in [0.15, 0.2) is 0 Å². The van der Waals surface area contributed by atoms with Crippen molar-refractivity contribution in [1.82, 2.24) is 5.32 Å². The molecule has 0 aliphatic carbocycles. The van der Waals surface area contributed by atoms with Gasteiger partial charge in [-0.3, -0.25) is 0 Å². The zero-order valence-corrected chi connectivity index (χ0v) is 16.4. The van der Waals surface area contributed by atoms with Crippen LogP contribution >= 0.6 is 22.6 Å². The van der Waals surface area contributed by atoms with Crippen molar-refractivity contribution in [3.8, 4) is 5.75 Å². The van der Waals surface area contributed by atoms with Gasteiger partial charge >= 0.3 is 0 Å². The highest BCUT2D eigenvalue weighted by molar-refractivity contribution is 14.1. The molecular formula is C22H22INO. The van der Waals surface area contributed by atoms with Crippen LogP contribution in [-0.4, -0.2) is 7.05 Å². The van der Waals surface area contributed by atoms with E-state index in [0.29, 0.717) is 6.61 Å². The van der Waals surface area contributed by atoms with Gasteiger partial charge in [-0.15, -0.1) is 0 Å². The van der Waals surface area contributed by atoms with Crippen LogP contribution in [0.25, 0.3) is 0 Å². The number of halogens is 1. The van der Waals surface area contributed by atoms with Crippen LogP contribution in [0.4, 0.5) is 0 Å². The molecular weight excluding hydrogens is 421 g/mol. The first-order valence-electron chi connectivity index (χ1n) is 8.43. The van der Waals surface area contributed by atoms with Crippen LogP contribution in [0.3, 0.4) is 0 Å². The molecule has 1 atom stereocenters. The fraction of sp³-hybridized carbons (Fsp3) is 0.182. The lowest BCUT2D eigenvalue weighted by atomic mass is 9.99. The summed E-state index contributed by atoms with van der Waals surface area (Å²) >= 11 is 2.34.